The minimum atomic E-state index is -1.41. The Morgan fingerprint density at radius 3 is 1.83 bits per heavy atom. The van der Waals surface area contributed by atoms with E-state index in [1.807, 2.05) is 42.5 Å². The fourth-order valence-electron chi connectivity index (χ4n) is 6.07. The summed E-state index contributed by atoms with van der Waals surface area (Å²) in [7, 11) is 1.94. The van der Waals surface area contributed by atoms with Crippen LogP contribution in [0.3, 0.4) is 0 Å². The van der Waals surface area contributed by atoms with Crippen molar-refractivity contribution in [3.63, 3.8) is 0 Å². The standard InChI is InChI=1S/C38H50NO6P/c1-10-11-25-43-46(39(27(2)3)28(4)5)45-37-29(6)30(7)44-36(37)26-42-38(31-15-13-12-14-16-31,32-17-21-34(40-8)22-18-32)33-19-23-35(41-9)24-20-33/h1,12-24,27-30,36-37H,11,25-26H2,2-9H3. The van der Waals surface area contributed by atoms with Crippen LogP contribution in [0.1, 0.15) is 64.7 Å². The Morgan fingerprint density at radius 2 is 1.35 bits per heavy atom. The molecule has 0 N–H and O–H groups in total. The molecular formula is C38H50NO6P. The summed E-state index contributed by atoms with van der Waals surface area (Å²) >= 11 is 0. The number of nitrogens with zero attached hydrogens (tertiary/aromatic N) is 1. The number of ether oxygens (including phenoxy) is 4. The highest BCUT2D eigenvalue weighted by molar-refractivity contribution is 7.44. The first-order chi connectivity index (χ1) is 22.2. The highest BCUT2D eigenvalue weighted by Gasteiger charge is 2.46. The van der Waals surface area contributed by atoms with Crippen LogP contribution in [0.25, 0.3) is 0 Å². The van der Waals surface area contributed by atoms with Gasteiger partial charge in [-0.2, -0.15) is 0 Å². The van der Waals surface area contributed by atoms with Gasteiger partial charge in [-0.3, -0.25) is 0 Å². The number of rotatable bonds is 16. The van der Waals surface area contributed by atoms with Crippen LogP contribution in [-0.2, 0) is 24.1 Å². The van der Waals surface area contributed by atoms with Crippen LogP contribution in [0.15, 0.2) is 78.9 Å². The number of benzene rings is 3. The third-order valence-electron chi connectivity index (χ3n) is 8.56. The van der Waals surface area contributed by atoms with Gasteiger partial charge in [0.1, 0.15) is 23.2 Å². The molecule has 0 aliphatic carbocycles. The maximum atomic E-state index is 7.22. The van der Waals surface area contributed by atoms with E-state index >= 15 is 0 Å². The largest absolute Gasteiger partial charge is 0.497 e. The summed E-state index contributed by atoms with van der Waals surface area (Å²) in [5.41, 5.74) is 1.96. The van der Waals surface area contributed by atoms with E-state index in [0.29, 0.717) is 13.0 Å². The lowest BCUT2D eigenvalue weighted by Crippen LogP contribution is -2.40. The highest BCUT2D eigenvalue weighted by Crippen LogP contribution is 2.50. The van der Waals surface area contributed by atoms with Crippen molar-refractivity contribution >= 4 is 8.53 Å². The van der Waals surface area contributed by atoms with Crippen LogP contribution in [0.5, 0.6) is 11.5 Å². The summed E-state index contributed by atoms with van der Waals surface area (Å²) in [5, 5.41) is 0. The Hall–Kier alpha value is -2.95. The Balaban J connectivity index is 1.75. The maximum absolute atomic E-state index is 7.22. The Kier molecular flexibility index (Phi) is 13.1. The maximum Gasteiger partial charge on any atom is 0.259 e. The summed E-state index contributed by atoms with van der Waals surface area (Å²) in [4.78, 5) is 0. The molecule has 1 aliphatic heterocycles. The van der Waals surface area contributed by atoms with Crippen LogP contribution in [0.2, 0.25) is 0 Å². The zero-order valence-electron chi connectivity index (χ0n) is 28.5. The van der Waals surface area contributed by atoms with Crippen molar-refractivity contribution in [2.24, 2.45) is 5.92 Å². The number of methoxy groups -OCH3 is 2. The number of hydrogen-bond acceptors (Lipinski definition) is 7. The summed E-state index contributed by atoms with van der Waals surface area (Å²) in [6.45, 7) is 13.7. The first-order valence-corrected chi connectivity index (χ1v) is 17.2. The van der Waals surface area contributed by atoms with Gasteiger partial charge in [0.2, 0.25) is 0 Å². The fraction of sp³-hybridized carbons (Fsp3) is 0.474. The zero-order valence-corrected chi connectivity index (χ0v) is 29.4. The average molecular weight is 648 g/mol. The lowest BCUT2D eigenvalue weighted by molar-refractivity contribution is -0.0777. The van der Waals surface area contributed by atoms with Crippen LogP contribution in [0, 0.1) is 18.3 Å². The molecule has 7 nitrogen and oxygen atoms in total. The van der Waals surface area contributed by atoms with Gasteiger partial charge in [0.25, 0.3) is 8.53 Å². The van der Waals surface area contributed by atoms with Gasteiger partial charge in [0.05, 0.1) is 39.6 Å². The quantitative estimate of drug-likeness (QED) is 0.0672. The summed E-state index contributed by atoms with van der Waals surface area (Å²) in [5.74, 6) is 4.35. The molecule has 0 amide bonds. The zero-order chi connectivity index (χ0) is 33.3. The Bertz CT molecular complexity index is 1320. The van der Waals surface area contributed by atoms with Crippen LogP contribution >= 0.6 is 8.53 Å². The summed E-state index contributed by atoms with van der Waals surface area (Å²) < 4.78 is 40.4. The van der Waals surface area contributed by atoms with E-state index in [-0.39, 0.29) is 42.9 Å². The van der Waals surface area contributed by atoms with Crippen molar-refractivity contribution in [3.05, 3.63) is 95.6 Å². The molecule has 5 unspecified atom stereocenters. The van der Waals surface area contributed by atoms with Gasteiger partial charge < -0.3 is 28.0 Å². The molecule has 1 aliphatic rings. The van der Waals surface area contributed by atoms with Crippen molar-refractivity contribution < 1.29 is 28.0 Å². The molecule has 0 saturated carbocycles. The molecule has 3 aromatic rings. The molecule has 4 rings (SSSR count). The first kappa shape index (κ1) is 35.9. The minimum absolute atomic E-state index is 0.0270. The SMILES string of the molecule is C#CCCOP(OC1C(COC(c2ccccc2)(c2ccc(OC)cc2)c2ccc(OC)cc2)OC(C)C1C)N(C(C)C)C(C)C. The minimum Gasteiger partial charge on any atom is -0.497 e. The first-order valence-electron chi connectivity index (χ1n) is 16.1. The van der Waals surface area contributed by atoms with Crippen molar-refractivity contribution in [1.29, 1.82) is 0 Å². The van der Waals surface area contributed by atoms with Gasteiger partial charge >= 0.3 is 0 Å². The molecule has 1 saturated heterocycles. The van der Waals surface area contributed by atoms with E-state index in [4.69, 9.17) is 34.4 Å². The van der Waals surface area contributed by atoms with Crippen molar-refractivity contribution in [2.75, 3.05) is 27.4 Å². The number of terminal acetylenes is 1. The predicted molar refractivity (Wildman–Crippen MR) is 185 cm³/mol. The van der Waals surface area contributed by atoms with Crippen molar-refractivity contribution in [3.8, 4) is 23.8 Å². The fourth-order valence-corrected chi connectivity index (χ4v) is 7.91. The molecule has 1 heterocycles. The van der Waals surface area contributed by atoms with Gasteiger partial charge in [-0.15, -0.1) is 12.3 Å². The predicted octanol–water partition coefficient (Wildman–Crippen LogP) is 8.21. The smallest absolute Gasteiger partial charge is 0.259 e. The second-order valence-electron chi connectivity index (χ2n) is 12.2. The van der Waals surface area contributed by atoms with Gasteiger partial charge in [-0.1, -0.05) is 61.5 Å². The molecular weight excluding hydrogens is 597 g/mol. The van der Waals surface area contributed by atoms with E-state index in [0.717, 1.165) is 28.2 Å². The van der Waals surface area contributed by atoms with Crippen LogP contribution < -0.4 is 9.47 Å². The number of hydrogen-bond donors (Lipinski definition) is 0. The Morgan fingerprint density at radius 1 is 0.826 bits per heavy atom. The Labute approximate surface area is 277 Å². The third-order valence-corrected chi connectivity index (χ3v) is 10.7. The molecule has 248 valence electrons. The van der Waals surface area contributed by atoms with Crippen LogP contribution in [0.4, 0.5) is 0 Å². The molecule has 0 spiro atoms. The lowest BCUT2D eigenvalue weighted by Gasteiger charge is -2.39. The molecule has 46 heavy (non-hydrogen) atoms. The summed E-state index contributed by atoms with van der Waals surface area (Å²) in [6, 6.07) is 26.9. The van der Waals surface area contributed by atoms with E-state index in [2.05, 4.69) is 88.5 Å². The molecule has 8 heteroatoms. The molecule has 0 aromatic heterocycles. The van der Waals surface area contributed by atoms with Gasteiger partial charge in [0.15, 0.2) is 0 Å². The average Bonchev–Trinajstić information content (AvgIpc) is 3.33. The van der Waals surface area contributed by atoms with Crippen molar-refractivity contribution in [1.82, 2.24) is 4.67 Å². The third kappa shape index (κ3) is 8.12. The second-order valence-corrected chi connectivity index (χ2v) is 13.6. The van der Waals surface area contributed by atoms with E-state index in [9.17, 15) is 0 Å². The molecule has 1 fully saturated rings. The molecule has 0 radical (unpaired) electrons. The normalized spacial score (nSPS) is 20.7. The molecule has 5 atom stereocenters. The topological polar surface area (TPSA) is 58.6 Å². The van der Waals surface area contributed by atoms with Crippen LogP contribution in [-0.4, -0.2) is 62.5 Å². The monoisotopic (exact) mass is 647 g/mol. The lowest BCUT2D eigenvalue weighted by atomic mass is 9.80. The molecule has 3 aromatic carbocycles. The van der Waals surface area contributed by atoms with Gasteiger partial charge in [-0.25, -0.2) is 4.67 Å². The van der Waals surface area contributed by atoms with Gasteiger partial charge in [0, 0.05) is 24.4 Å². The van der Waals surface area contributed by atoms with E-state index in [1.54, 1.807) is 14.2 Å². The van der Waals surface area contributed by atoms with Gasteiger partial charge in [-0.05, 0) is 75.6 Å². The van der Waals surface area contributed by atoms with Crippen molar-refractivity contribution in [2.45, 2.75) is 84.0 Å². The van der Waals surface area contributed by atoms with E-state index in [1.165, 1.54) is 0 Å². The molecule has 0 bridgehead atoms. The summed E-state index contributed by atoms with van der Waals surface area (Å²) in [6.07, 6.45) is 5.46. The second kappa shape index (κ2) is 16.7. The van der Waals surface area contributed by atoms with E-state index < -0.39 is 14.1 Å². The highest BCUT2D eigenvalue weighted by atomic mass is 31.2.